The molecule has 1 aromatic rings. The van der Waals surface area contributed by atoms with Gasteiger partial charge in [-0.15, -0.1) is 0 Å². The fourth-order valence-electron chi connectivity index (χ4n) is 2.10. The number of ether oxygens (including phenoxy) is 1. The Hall–Kier alpha value is -1.06. The highest BCUT2D eigenvalue weighted by Gasteiger charge is 2.19. The van der Waals surface area contributed by atoms with Crippen LogP contribution in [0.15, 0.2) is 30.0 Å². The first kappa shape index (κ1) is 13.4. The fourth-order valence-corrected chi connectivity index (χ4v) is 2.34. The molecule has 4 heteroatoms. The van der Waals surface area contributed by atoms with Crippen molar-refractivity contribution in [1.82, 2.24) is 5.32 Å². The fraction of sp³-hybridized carbons (Fsp3) is 0.429. The molecule has 0 radical (unpaired) electrons. The summed E-state index contributed by atoms with van der Waals surface area (Å²) >= 11 is 6.04. The van der Waals surface area contributed by atoms with E-state index in [4.69, 9.17) is 16.3 Å². The Balaban J connectivity index is 2.17. The van der Waals surface area contributed by atoms with Crippen LogP contribution in [0.2, 0.25) is 5.02 Å². The molecule has 2 rings (SSSR count). The molecular weight excluding hydrogens is 253 g/mol. The van der Waals surface area contributed by atoms with Crippen LogP contribution in [0, 0.1) is 5.82 Å². The van der Waals surface area contributed by atoms with E-state index in [1.54, 1.807) is 12.1 Å². The number of rotatable bonds is 4. The standard InChI is InChI=1S/C14H17ClFNO/c1-17-13(14-7-2-3-8-18-14)9-10-11(15)5-4-6-12(10)16/h4-7,13,17H,2-3,8-9H2,1H3. The number of nitrogens with one attached hydrogen (secondary N) is 1. The van der Waals surface area contributed by atoms with E-state index in [0.29, 0.717) is 17.0 Å². The third-order valence-corrected chi connectivity index (χ3v) is 3.48. The molecule has 98 valence electrons. The molecule has 0 aromatic heterocycles. The highest BCUT2D eigenvalue weighted by Crippen LogP contribution is 2.23. The Labute approximate surface area is 112 Å². The maximum atomic E-state index is 13.7. The van der Waals surface area contributed by atoms with Gasteiger partial charge in [-0.05, 0) is 44.5 Å². The van der Waals surface area contributed by atoms with Crippen molar-refractivity contribution < 1.29 is 9.13 Å². The lowest BCUT2D eigenvalue weighted by atomic mass is 10.0. The molecule has 2 nitrogen and oxygen atoms in total. The van der Waals surface area contributed by atoms with E-state index in [1.165, 1.54) is 6.07 Å². The number of likely N-dealkylation sites (N-methyl/N-ethyl adjacent to an activating group) is 1. The van der Waals surface area contributed by atoms with Crippen molar-refractivity contribution in [2.75, 3.05) is 13.7 Å². The van der Waals surface area contributed by atoms with Gasteiger partial charge in [-0.1, -0.05) is 17.7 Å². The SMILES string of the molecule is CNC(Cc1c(F)cccc1Cl)C1=CCCCO1. The molecule has 0 saturated carbocycles. The van der Waals surface area contributed by atoms with Gasteiger partial charge in [-0.3, -0.25) is 0 Å². The third kappa shape index (κ3) is 3.03. The van der Waals surface area contributed by atoms with Gasteiger partial charge in [-0.25, -0.2) is 4.39 Å². The molecule has 0 fully saturated rings. The molecule has 1 aliphatic heterocycles. The molecule has 18 heavy (non-hydrogen) atoms. The van der Waals surface area contributed by atoms with Gasteiger partial charge in [0.2, 0.25) is 0 Å². The van der Waals surface area contributed by atoms with Crippen LogP contribution in [0.4, 0.5) is 4.39 Å². The zero-order chi connectivity index (χ0) is 13.0. The Bertz CT molecular complexity index is 427. The van der Waals surface area contributed by atoms with Gasteiger partial charge in [0.15, 0.2) is 0 Å². The first-order valence-electron chi connectivity index (χ1n) is 6.15. The van der Waals surface area contributed by atoms with Crippen molar-refractivity contribution in [2.45, 2.75) is 25.3 Å². The van der Waals surface area contributed by atoms with Crippen LogP contribution in [0.1, 0.15) is 18.4 Å². The number of benzene rings is 1. The molecule has 1 atom stereocenters. The normalized spacial score (nSPS) is 16.9. The predicted octanol–water partition coefficient (Wildman–Crippen LogP) is 3.30. The minimum absolute atomic E-state index is 0.0281. The van der Waals surface area contributed by atoms with Gasteiger partial charge >= 0.3 is 0 Å². The number of hydrogen-bond acceptors (Lipinski definition) is 2. The van der Waals surface area contributed by atoms with E-state index in [-0.39, 0.29) is 11.9 Å². The largest absolute Gasteiger partial charge is 0.497 e. The summed E-state index contributed by atoms with van der Waals surface area (Å²) in [4.78, 5) is 0. The second-order valence-electron chi connectivity index (χ2n) is 4.34. The minimum atomic E-state index is -0.265. The summed E-state index contributed by atoms with van der Waals surface area (Å²) in [5.41, 5.74) is 0.536. The van der Waals surface area contributed by atoms with Crippen molar-refractivity contribution in [1.29, 1.82) is 0 Å². The van der Waals surface area contributed by atoms with Gasteiger partial charge in [0.05, 0.1) is 12.6 Å². The Morgan fingerprint density at radius 1 is 1.50 bits per heavy atom. The zero-order valence-corrected chi connectivity index (χ0v) is 11.1. The second kappa shape index (κ2) is 6.21. The molecule has 1 heterocycles. The lowest BCUT2D eigenvalue weighted by molar-refractivity contribution is 0.169. The molecule has 0 aliphatic carbocycles. The molecule has 0 amide bonds. The molecule has 0 bridgehead atoms. The van der Waals surface area contributed by atoms with Crippen LogP contribution in [0.25, 0.3) is 0 Å². The van der Waals surface area contributed by atoms with Crippen LogP contribution in [0.5, 0.6) is 0 Å². The lowest BCUT2D eigenvalue weighted by Crippen LogP contribution is -2.32. The summed E-state index contributed by atoms with van der Waals surface area (Å²) in [6.07, 6.45) is 4.62. The lowest BCUT2D eigenvalue weighted by Gasteiger charge is -2.24. The third-order valence-electron chi connectivity index (χ3n) is 3.12. The Morgan fingerprint density at radius 3 is 2.94 bits per heavy atom. The van der Waals surface area contributed by atoms with E-state index in [0.717, 1.165) is 25.2 Å². The van der Waals surface area contributed by atoms with Crippen LogP contribution in [0.3, 0.4) is 0 Å². The smallest absolute Gasteiger partial charge is 0.127 e. The van der Waals surface area contributed by atoms with Crippen LogP contribution in [-0.4, -0.2) is 19.7 Å². The average Bonchev–Trinajstić information content (AvgIpc) is 2.40. The van der Waals surface area contributed by atoms with E-state index < -0.39 is 0 Å². The van der Waals surface area contributed by atoms with Crippen molar-refractivity contribution in [3.63, 3.8) is 0 Å². The molecule has 1 aromatic carbocycles. The van der Waals surface area contributed by atoms with E-state index in [1.807, 2.05) is 7.05 Å². The Morgan fingerprint density at radius 2 is 2.33 bits per heavy atom. The second-order valence-corrected chi connectivity index (χ2v) is 4.75. The maximum absolute atomic E-state index is 13.7. The van der Waals surface area contributed by atoms with Gasteiger partial charge in [0.1, 0.15) is 11.6 Å². The molecular formula is C14H17ClFNO. The summed E-state index contributed by atoms with van der Waals surface area (Å²) in [6.45, 7) is 0.731. The maximum Gasteiger partial charge on any atom is 0.127 e. The summed E-state index contributed by atoms with van der Waals surface area (Å²) in [5.74, 6) is 0.627. The molecule has 1 unspecified atom stereocenters. The Kier molecular flexibility index (Phi) is 4.61. The van der Waals surface area contributed by atoms with Crippen molar-refractivity contribution in [3.8, 4) is 0 Å². The average molecular weight is 270 g/mol. The van der Waals surface area contributed by atoms with E-state index >= 15 is 0 Å². The highest BCUT2D eigenvalue weighted by molar-refractivity contribution is 6.31. The first-order chi connectivity index (χ1) is 8.72. The van der Waals surface area contributed by atoms with Gasteiger partial charge in [0, 0.05) is 10.6 Å². The summed E-state index contributed by atoms with van der Waals surface area (Å²) < 4.78 is 19.4. The molecule has 0 saturated heterocycles. The van der Waals surface area contributed by atoms with Crippen molar-refractivity contribution in [3.05, 3.63) is 46.4 Å². The van der Waals surface area contributed by atoms with Crippen molar-refractivity contribution in [2.24, 2.45) is 0 Å². The van der Waals surface area contributed by atoms with Gasteiger partial charge in [-0.2, -0.15) is 0 Å². The van der Waals surface area contributed by atoms with Crippen LogP contribution in [-0.2, 0) is 11.2 Å². The van der Waals surface area contributed by atoms with Crippen LogP contribution < -0.4 is 5.32 Å². The quantitative estimate of drug-likeness (QED) is 0.906. The zero-order valence-electron chi connectivity index (χ0n) is 10.4. The van der Waals surface area contributed by atoms with E-state index in [9.17, 15) is 4.39 Å². The van der Waals surface area contributed by atoms with Crippen LogP contribution >= 0.6 is 11.6 Å². The minimum Gasteiger partial charge on any atom is -0.497 e. The number of allylic oxidation sites excluding steroid dienone is 1. The van der Waals surface area contributed by atoms with Gasteiger partial charge in [0.25, 0.3) is 0 Å². The van der Waals surface area contributed by atoms with E-state index in [2.05, 4.69) is 11.4 Å². The summed E-state index contributed by atoms with van der Waals surface area (Å²) in [6, 6.07) is 4.73. The number of halogens is 2. The highest BCUT2D eigenvalue weighted by atomic mass is 35.5. The first-order valence-corrected chi connectivity index (χ1v) is 6.53. The monoisotopic (exact) mass is 269 g/mol. The van der Waals surface area contributed by atoms with Crippen molar-refractivity contribution >= 4 is 11.6 Å². The topological polar surface area (TPSA) is 21.3 Å². The number of hydrogen-bond donors (Lipinski definition) is 1. The molecule has 1 aliphatic rings. The molecule has 0 spiro atoms. The summed E-state index contributed by atoms with van der Waals surface area (Å²) in [7, 11) is 1.85. The summed E-state index contributed by atoms with van der Waals surface area (Å²) in [5, 5.41) is 3.62. The molecule has 1 N–H and O–H groups in total. The van der Waals surface area contributed by atoms with Gasteiger partial charge < -0.3 is 10.1 Å². The predicted molar refractivity (Wildman–Crippen MR) is 71.2 cm³/mol.